The number of hydrogen-bond donors (Lipinski definition) is 2. The molecular formula is C7H13NO2. The van der Waals surface area contributed by atoms with Crippen LogP contribution in [0.5, 0.6) is 0 Å². The fourth-order valence-electron chi connectivity index (χ4n) is 0.520. The lowest BCUT2D eigenvalue weighted by Crippen LogP contribution is -2.36. The van der Waals surface area contributed by atoms with Crippen LogP contribution in [0.4, 0.5) is 0 Å². The molecule has 3 heteroatoms. The lowest BCUT2D eigenvalue weighted by Gasteiger charge is -2.14. The maximum atomic E-state index is 10.3. The second-order valence-electron chi connectivity index (χ2n) is 2.50. The van der Waals surface area contributed by atoms with E-state index in [1.165, 1.54) is 0 Å². The van der Waals surface area contributed by atoms with E-state index in [2.05, 4.69) is 6.58 Å². The number of carbonyl (C=O) groups is 1. The van der Waals surface area contributed by atoms with Gasteiger partial charge in [0.25, 0.3) is 0 Å². The van der Waals surface area contributed by atoms with Crippen LogP contribution in [-0.4, -0.2) is 17.1 Å². The van der Waals surface area contributed by atoms with Gasteiger partial charge in [-0.3, -0.25) is 4.79 Å². The molecule has 0 saturated carbocycles. The summed E-state index contributed by atoms with van der Waals surface area (Å²) in [4.78, 5) is 10.3. The number of carboxylic acids is 1. The summed E-state index contributed by atoms with van der Waals surface area (Å²) in [5, 5.41) is 8.44. The number of rotatable bonds is 3. The van der Waals surface area contributed by atoms with Gasteiger partial charge in [-0.05, 0) is 6.92 Å². The van der Waals surface area contributed by atoms with E-state index < -0.39 is 12.0 Å². The molecule has 0 aromatic heterocycles. The predicted octanol–water partition coefficient (Wildman–Crippen LogP) is 0.611. The van der Waals surface area contributed by atoms with Crippen molar-refractivity contribution in [2.24, 2.45) is 11.7 Å². The second kappa shape index (κ2) is 3.37. The SMILES string of the molecule is C=C(C)C(C)C(N)C(=O)O. The smallest absolute Gasteiger partial charge is 0.321 e. The van der Waals surface area contributed by atoms with E-state index in [4.69, 9.17) is 10.8 Å². The van der Waals surface area contributed by atoms with Crippen molar-refractivity contribution in [3.63, 3.8) is 0 Å². The van der Waals surface area contributed by atoms with Gasteiger partial charge in [-0.1, -0.05) is 19.1 Å². The highest BCUT2D eigenvalue weighted by Gasteiger charge is 2.19. The first-order valence-corrected chi connectivity index (χ1v) is 3.10. The van der Waals surface area contributed by atoms with E-state index in [1.54, 1.807) is 13.8 Å². The lowest BCUT2D eigenvalue weighted by atomic mass is 9.96. The van der Waals surface area contributed by atoms with E-state index in [0.29, 0.717) is 0 Å². The number of nitrogens with two attached hydrogens (primary N) is 1. The molecule has 0 spiro atoms. The molecule has 2 unspecified atom stereocenters. The fraction of sp³-hybridized carbons (Fsp3) is 0.571. The molecule has 0 aromatic carbocycles. The summed E-state index contributed by atoms with van der Waals surface area (Å²) in [6.07, 6.45) is 0. The maximum absolute atomic E-state index is 10.3. The van der Waals surface area contributed by atoms with Crippen LogP contribution in [0.25, 0.3) is 0 Å². The van der Waals surface area contributed by atoms with Crippen molar-refractivity contribution < 1.29 is 9.90 Å². The topological polar surface area (TPSA) is 63.3 Å². The monoisotopic (exact) mass is 143 g/mol. The molecule has 0 fully saturated rings. The number of carboxylic acid groups (broad SMARTS) is 1. The van der Waals surface area contributed by atoms with Crippen molar-refractivity contribution in [2.45, 2.75) is 19.9 Å². The molecule has 3 nitrogen and oxygen atoms in total. The quantitative estimate of drug-likeness (QED) is 0.569. The Balaban J connectivity index is 4.07. The van der Waals surface area contributed by atoms with Crippen LogP contribution in [-0.2, 0) is 4.79 Å². The van der Waals surface area contributed by atoms with Crippen molar-refractivity contribution in [2.75, 3.05) is 0 Å². The van der Waals surface area contributed by atoms with E-state index in [0.717, 1.165) is 5.57 Å². The summed E-state index contributed by atoms with van der Waals surface area (Å²) in [6.45, 7) is 7.14. The van der Waals surface area contributed by atoms with Crippen LogP contribution < -0.4 is 5.73 Å². The zero-order valence-corrected chi connectivity index (χ0v) is 6.29. The molecule has 0 heterocycles. The van der Waals surface area contributed by atoms with Crippen LogP contribution in [0.2, 0.25) is 0 Å². The summed E-state index contributed by atoms with van der Waals surface area (Å²) in [6, 6.07) is -0.822. The van der Waals surface area contributed by atoms with Gasteiger partial charge in [0.2, 0.25) is 0 Å². The maximum Gasteiger partial charge on any atom is 0.321 e. The van der Waals surface area contributed by atoms with Crippen molar-refractivity contribution in [1.29, 1.82) is 0 Å². The summed E-state index contributed by atoms with van der Waals surface area (Å²) in [7, 11) is 0. The Morgan fingerprint density at radius 3 is 2.20 bits per heavy atom. The molecule has 58 valence electrons. The van der Waals surface area contributed by atoms with Crippen LogP contribution in [0.15, 0.2) is 12.2 Å². The molecule has 0 aromatic rings. The molecule has 0 aliphatic rings. The average Bonchev–Trinajstić information content (AvgIpc) is 1.84. The van der Waals surface area contributed by atoms with Gasteiger partial charge in [0, 0.05) is 5.92 Å². The Morgan fingerprint density at radius 2 is 2.10 bits per heavy atom. The zero-order chi connectivity index (χ0) is 8.31. The van der Waals surface area contributed by atoms with Crippen molar-refractivity contribution >= 4 is 5.97 Å². The normalized spacial score (nSPS) is 15.9. The Hall–Kier alpha value is -0.830. The molecule has 0 saturated heterocycles. The van der Waals surface area contributed by atoms with Gasteiger partial charge < -0.3 is 10.8 Å². The largest absolute Gasteiger partial charge is 0.480 e. The van der Waals surface area contributed by atoms with Gasteiger partial charge in [0.05, 0.1) is 0 Å². The Morgan fingerprint density at radius 1 is 1.70 bits per heavy atom. The van der Waals surface area contributed by atoms with E-state index in [-0.39, 0.29) is 5.92 Å². The van der Waals surface area contributed by atoms with Gasteiger partial charge in [0.1, 0.15) is 6.04 Å². The van der Waals surface area contributed by atoms with Crippen LogP contribution in [0.3, 0.4) is 0 Å². The van der Waals surface area contributed by atoms with Gasteiger partial charge in [-0.2, -0.15) is 0 Å². The third-order valence-corrected chi connectivity index (χ3v) is 1.60. The van der Waals surface area contributed by atoms with Crippen LogP contribution in [0, 0.1) is 5.92 Å². The zero-order valence-electron chi connectivity index (χ0n) is 6.29. The molecular weight excluding hydrogens is 130 g/mol. The van der Waals surface area contributed by atoms with E-state index in [1.807, 2.05) is 0 Å². The lowest BCUT2D eigenvalue weighted by molar-refractivity contribution is -0.139. The highest BCUT2D eigenvalue weighted by atomic mass is 16.4. The van der Waals surface area contributed by atoms with E-state index >= 15 is 0 Å². The Bertz CT molecular complexity index is 136. The van der Waals surface area contributed by atoms with Crippen molar-refractivity contribution in [1.82, 2.24) is 0 Å². The molecule has 0 radical (unpaired) electrons. The minimum absolute atomic E-state index is 0.155. The highest BCUT2D eigenvalue weighted by molar-refractivity contribution is 5.73. The van der Waals surface area contributed by atoms with Crippen molar-refractivity contribution in [3.05, 3.63) is 12.2 Å². The summed E-state index contributed by atoms with van der Waals surface area (Å²) < 4.78 is 0. The molecule has 2 atom stereocenters. The van der Waals surface area contributed by atoms with Crippen LogP contribution in [0.1, 0.15) is 13.8 Å². The Kier molecular flexibility index (Phi) is 3.09. The highest BCUT2D eigenvalue weighted by Crippen LogP contribution is 2.09. The molecule has 0 aliphatic carbocycles. The standard InChI is InChI=1S/C7H13NO2/c1-4(2)5(3)6(8)7(9)10/h5-6H,1,8H2,2-3H3,(H,9,10). The van der Waals surface area contributed by atoms with Gasteiger partial charge in [-0.25, -0.2) is 0 Å². The predicted molar refractivity (Wildman–Crippen MR) is 39.6 cm³/mol. The van der Waals surface area contributed by atoms with E-state index in [9.17, 15) is 4.79 Å². The van der Waals surface area contributed by atoms with Gasteiger partial charge in [-0.15, -0.1) is 0 Å². The molecule has 0 rings (SSSR count). The first kappa shape index (κ1) is 9.17. The molecule has 3 N–H and O–H groups in total. The van der Waals surface area contributed by atoms with Crippen LogP contribution >= 0.6 is 0 Å². The third-order valence-electron chi connectivity index (χ3n) is 1.60. The second-order valence-corrected chi connectivity index (χ2v) is 2.50. The minimum Gasteiger partial charge on any atom is -0.480 e. The van der Waals surface area contributed by atoms with Gasteiger partial charge in [0.15, 0.2) is 0 Å². The molecule has 0 bridgehead atoms. The molecule has 10 heavy (non-hydrogen) atoms. The first-order chi connectivity index (χ1) is 4.46. The number of aliphatic carboxylic acids is 1. The minimum atomic E-state index is -0.976. The molecule has 0 amide bonds. The summed E-state index contributed by atoms with van der Waals surface area (Å²) >= 11 is 0. The summed E-state index contributed by atoms with van der Waals surface area (Å²) in [5.74, 6) is -1.13. The average molecular weight is 143 g/mol. The summed E-state index contributed by atoms with van der Waals surface area (Å²) in [5.41, 5.74) is 6.10. The third kappa shape index (κ3) is 2.19. The molecule has 0 aliphatic heterocycles. The first-order valence-electron chi connectivity index (χ1n) is 3.10. The van der Waals surface area contributed by atoms with Gasteiger partial charge >= 0.3 is 5.97 Å². The number of hydrogen-bond acceptors (Lipinski definition) is 2. The van der Waals surface area contributed by atoms with Crippen molar-refractivity contribution in [3.8, 4) is 0 Å². The fourth-order valence-corrected chi connectivity index (χ4v) is 0.520. The Labute approximate surface area is 60.5 Å².